The molecule has 0 unspecified atom stereocenters. The molecule has 0 bridgehead atoms. The number of nitrogens with zero attached hydrogens (tertiary/aromatic N) is 3. The van der Waals surface area contributed by atoms with Crippen LogP contribution >= 0.6 is 0 Å². The van der Waals surface area contributed by atoms with E-state index in [4.69, 9.17) is 0 Å². The SMILES string of the molecule is CC(C)(C)n1cc(CNC2(CO)CCC2)nn1. The van der Waals surface area contributed by atoms with Crippen LogP contribution in [-0.4, -0.2) is 32.2 Å². The van der Waals surface area contributed by atoms with Gasteiger partial charge in [0, 0.05) is 12.1 Å². The lowest BCUT2D eigenvalue weighted by Crippen LogP contribution is -2.53. The van der Waals surface area contributed by atoms with Crippen molar-refractivity contribution in [2.24, 2.45) is 0 Å². The lowest BCUT2D eigenvalue weighted by atomic mass is 9.77. The summed E-state index contributed by atoms with van der Waals surface area (Å²) in [5.41, 5.74) is 0.835. The van der Waals surface area contributed by atoms with Gasteiger partial charge in [-0.1, -0.05) is 5.21 Å². The fourth-order valence-corrected chi connectivity index (χ4v) is 1.98. The van der Waals surface area contributed by atoms with E-state index in [-0.39, 0.29) is 17.7 Å². The van der Waals surface area contributed by atoms with Crippen LogP contribution in [0.2, 0.25) is 0 Å². The molecule has 1 aromatic heterocycles. The van der Waals surface area contributed by atoms with Crippen LogP contribution in [0.25, 0.3) is 0 Å². The summed E-state index contributed by atoms with van der Waals surface area (Å²) in [7, 11) is 0. The molecular formula is C12H22N4O. The molecule has 0 aromatic carbocycles. The van der Waals surface area contributed by atoms with Crippen molar-refractivity contribution in [2.75, 3.05) is 6.61 Å². The Labute approximate surface area is 102 Å². The molecule has 0 amide bonds. The second-order valence-electron chi connectivity index (χ2n) is 5.97. The third-order valence-electron chi connectivity index (χ3n) is 3.49. The summed E-state index contributed by atoms with van der Waals surface area (Å²) in [6, 6.07) is 0. The van der Waals surface area contributed by atoms with Crippen LogP contribution < -0.4 is 5.32 Å². The van der Waals surface area contributed by atoms with Gasteiger partial charge in [0.25, 0.3) is 0 Å². The third-order valence-corrected chi connectivity index (χ3v) is 3.49. The summed E-state index contributed by atoms with van der Waals surface area (Å²) in [6.45, 7) is 7.18. The van der Waals surface area contributed by atoms with Crippen molar-refractivity contribution in [2.45, 2.75) is 57.7 Å². The molecule has 2 rings (SSSR count). The first-order chi connectivity index (χ1) is 7.95. The van der Waals surface area contributed by atoms with Gasteiger partial charge in [-0.2, -0.15) is 0 Å². The molecular weight excluding hydrogens is 216 g/mol. The molecule has 1 heterocycles. The van der Waals surface area contributed by atoms with Crippen molar-refractivity contribution < 1.29 is 5.11 Å². The largest absolute Gasteiger partial charge is 0.394 e. The van der Waals surface area contributed by atoms with Gasteiger partial charge in [-0.05, 0) is 40.0 Å². The standard InChI is InChI=1S/C12H22N4O/c1-11(2,3)16-8-10(14-15-16)7-13-12(9-17)5-4-6-12/h8,13,17H,4-7,9H2,1-3H3. The molecule has 2 N–H and O–H groups in total. The molecule has 0 saturated heterocycles. The van der Waals surface area contributed by atoms with Crippen molar-refractivity contribution in [1.82, 2.24) is 20.3 Å². The van der Waals surface area contributed by atoms with Crippen LogP contribution in [-0.2, 0) is 12.1 Å². The lowest BCUT2D eigenvalue weighted by molar-refractivity contribution is 0.0868. The molecule has 0 atom stereocenters. The van der Waals surface area contributed by atoms with E-state index >= 15 is 0 Å². The fraction of sp³-hybridized carbons (Fsp3) is 0.833. The maximum absolute atomic E-state index is 9.35. The number of rotatable bonds is 4. The van der Waals surface area contributed by atoms with Crippen LogP contribution in [0.1, 0.15) is 45.7 Å². The van der Waals surface area contributed by atoms with Gasteiger partial charge >= 0.3 is 0 Å². The highest BCUT2D eigenvalue weighted by molar-refractivity contribution is 5.00. The molecule has 0 radical (unpaired) electrons. The summed E-state index contributed by atoms with van der Waals surface area (Å²) in [6.07, 6.45) is 5.27. The number of hydrogen-bond acceptors (Lipinski definition) is 4. The number of aliphatic hydroxyl groups excluding tert-OH is 1. The van der Waals surface area contributed by atoms with E-state index in [0.29, 0.717) is 6.54 Å². The van der Waals surface area contributed by atoms with Crippen LogP contribution in [0.3, 0.4) is 0 Å². The molecule has 5 nitrogen and oxygen atoms in total. The Morgan fingerprint density at radius 1 is 1.47 bits per heavy atom. The third kappa shape index (κ3) is 2.66. The Bertz CT molecular complexity index is 371. The molecule has 0 spiro atoms. The van der Waals surface area contributed by atoms with E-state index in [0.717, 1.165) is 18.5 Å². The molecule has 1 aromatic rings. The van der Waals surface area contributed by atoms with Crippen LogP contribution in [0.15, 0.2) is 6.20 Å². The Morgan fingerprint density at radius 3 is 2.59 bits per heavy atom. The average molecular weight is 238 g/mol. The van der Waals surface area contributed by atoms with Gasteiger partial charge in [0.2, 0.25) is 0 Å². The molecule has 17 heavy (non-hydrogen) atoms. The van der Waals surface area contributed by atoms with Crippen LogP contribution in [0.4, 0.5) is 0 Å². The minimum Gasteiger partial charge on any atom is -0.394 e. The first-order valence-electron chi connectivity index (χ1n) is 6.23. The zero-order valence-corrected chi connectivity index (χ0v) is 10.9. The fourth-order valence-electron chi connectivity index (χ4n) is 1.98. The van der Waals surface area contributed by atoms with Crippen molar-refractivity contribution in [1.29, 1.82) is 0 Å². The lowest BCUT2D eigenvalue weighted by Gasteiger charge is -2.41. The summed E-state index contributed by atoms with van der Waals surface area (Å²) < 4.78 is 1.87. The number of aromatic nitrogens is 3. The minimum absolute atomic E-state index is 0.0314. The van der Waals surface area contributed by atoms with E-state index in [1.165, 1.54) is 6.42 Å². The molecule has 1 aliphatic carbocycles. The quantitative estimate of drug-likeness (QED) is 0.822. The van der Waals surface area contributed by atoms with Crippen molar-refractivity contribution >= 4 is 0 Å². The number of aliphatic hydroxyl groups is 1. The van der Waals surface area contributed by atoms with Gasteiger partial charge in [0.15, 0.2) is 0 Å². The first-order valence-corrected chi connectivity index (χ1v) is 6.23. The second-order valence-corrected chi connectivity index (χ2v) is 5.97. The predicted octanol–water partition coefficient (Wildman–Crippen LogP) is 1.04. The zero-order chi connectivity index (χ0) is 12.5. The maximum atomic E-state index is 9.35. The highest BCUT2D eigenvalue weighted by atomic mass is 16.3. The van der Waals surface area contributed by atoms with Crippen molar-refractivity contribution in [3.8, 4) is 0 Å². The number of nitrogens with one attached hydrogen (secondary N) is 1. The van der Waals surface area contributed by atoms with Crippen molar-refractivity contribution in [3.63, 3.8) is 0 Å². The highest BCUT2D eigenvalue weighted by Gasteiger charge is 2.35. The molecule has 1 aliphatic rings. The van der Waals surface area contributed by atoms with E-state index in [9.17, 15) is 5.11 Å². The predicted molar refractivity (Wildman–Crippen MR) is 65.5 cm³/mol. The summed E-state index contributed by atoms with van der Waals surface area (Å²) in [5.74, 6) is 0. The Morgan fingerprint density at radius 2 is 2.18 bits per heavy atom. The van der Waals surface area contributed by atoms with Gasteiger partial charge in [-0.3, -0.25) is 0 Å². The normalized spacial score (nSPS) is 19.1. The molecule has 0 aliphatic heterocycles. The summed E-state index contributed by atoms with van der Waals surface area (Å²) in [5, 5.41) is 21.0. The van der Waals surface area contributed by atoms with E-state index < -0.39 is 0 Å². The van der Waals surface area contributed by atoms with Gasteiger partial charge in [0.1, 0.15) is 0 Å². The number of hydrogen-bond donors (Lipinski definition) is 2. The van der Waals surface area contributed by atoms with Gasteiger partial charge in [-0.15, -0.1) is 5.10 Å². The Kier molecular flexibility index (Phi) is 3.23. The topological polar surface area (TPSA) is 63.0 Å². The molecule has 1 fully saturated rings. The highest BCUT2D eigenvalue weighted by Crippen LogP contribution is 2.31. The monoisotopic (exact) mass is 238 g/mol. The van der Waals surface area contributed by atoms with Crippen molar-refractivity contribution in [3.05, 3.63) is 11.9 Å². The zero-order valence-electron chi connectivity index (χ0n) is 10.9. The minimum atomic E-state index is -0.0640. The van der Waals surface area contributed by atoms with E-state index in [1.807, 2.05) is 10.9 Å². The second kappa shape index (κ2) is 4.38. The molecule has 1 saturated carbocycles. The van der Waals surface area contributed by atoms with Gasteiger partial charge < -0.3 is 10.4 Å². The maximum Gasteiger partial charge on any atom is 0.0965 e. The first kappa shape index (κ1) is 12.5. The van der Waals surface area contributed by atoms with Crippen LogP contribution in [0.5, 0.6) is 0 Å². The van der Waals surface area contributed by atoms with E-state index in [1.54, 1.807) is 0 Å². The average Bonchev–Trinajstić information content (AvgIpc) is 2.65. The molecule has 96 valence electrons. The summed E-state index contributed by atoms with van der Waals surface area (Å²) >= 11 is 0. The Balaban J connectivity index is 1.93. The Hall–Kier alpha value is -0.940. The van der Waals surface area contributed by atoms with Gasteiger partial charge in [-0.25, -0.2) is 4.68 Å². The van der Waals surface area contributed by atoms with E-state index in [2.05, 4.69) is 36.4 Å². The summed E-state index contributed by atoms with van der Waals surface area (Å²) in [4.78, 5) is 0. The van der Waals surface area contributed by atoms with Crippen LogP contribution in [0, 0.1) is 0 Å². The smallest absolute Gasteiger partial charge is 0.0965 e. The van der Waals surface area contributed by atoms with Gasteiger partial charge in [0.05, 0.1) is 24.0 Å². The molecule has 5 heteroatoms.